The summed E-state index contributed by atoms with van der Waals surface area (Å²) in [5.74, 6) is 0.353. The molecule has 1 spiro atoms. The SMILES string of the molecule is Cc1ccc(S(=O)(=O)N2C=C[C@@]3(c4cccc5ccccc45)[C@@H](C2)C32CC2)cc1. The van der Waals surface area contributed by atoms with E-state index in [9.17, 15) is 8.42 Å². The lowest BCUT2D eigenvalue weighted by atomic mass is 9.86. The van der Waals surface area contributed by atoms with Crippen LogP contribution < -0.4 is 0 Å². The minimum absolute atomic E-state index is 0.0207. The molecule has 1 heterocycles. The average Bonchev–Trinajstić information content (AvgIpc) is 3.65. The van der Waals surface area contributed by atoms with E-state index in [0.717, 1.165) is 5.56 Å². The molecule has 0 amide bonds. The second kappa shape index (κ2) is 5.51. The molecule has 0 bridgehead atoms. The molecule has 146 valence electrons. The second-order valence-electron chi connectivity index (χ2n) is 8.81. The number of fused-ring (bicyclic) bond motifs is 4. The molecule has 3 aliphatic rings. The lowest BCUT2D eigenvalue weighted by Gasteiger charge is -2.28. The zero-order chi connectivity index (χ0) is 19.9. The summed E-state index contributed by atoms with van der Waals surface area (Å²) in [7, 11) is -3.51. The smallest absolute Gasteiger partial charge is 0.263 e. The van der Waals surface area contributed by atoms with Crippen LogP contribution in [0, 0.1) is 18.3 Å². The summed E-state index contributed by atoms with van der Waals surface area (Å²) in [6, 6.07) is 22.2. The zero-order valence-electron chi connectivity index (χ0n) is 16.4. The van der Waals surface area contributed by atoms with Gasteiger partial charge < -0.3 is 0 Å². The summed E-state index contributed by atoms with van der Waals surface area (Å²) in [4.78, 5) is 0.371. The Balaban J connectivity index is 1.44. The van der Waals surface area contributed by atoms with Gasteiger partial charge in [-0.15, -0.1) is 0 Å². The van der Waals surface area contributed by atoms with E-state index in [0.29, 0.717) is 17.4 Å². The van der Waals surface area contributed by atoms with Gasteiger partial charge in [-0.2, -0.15) is 0 Å². The molecule has 29 heavy (non-hydrogen) atoms. The van der Waals surface area contributed by atoms with E-state index >= 15 is 0 Å². The third kappa shape index (κ3) is 2.15. The number of benzene rings is 3. The Morgan fingerprint density at radius 1 is 0.931 bits per heavy atom. The summed E-state index contributed by atoms with van der Waals surface area (Å²) in [6.45, 7) is 2.53. The molecule has 0 N–H and O–H groups in total. The predicted octanol–water partition coefficient (Wildman–Crippen LogP) is 5.01. The molecule has 1 aliphatic heterocycles. The van der Waals surface area contributed by atoms with Crippen LogP contribution in [-0.2, 0) is 15.4 Å². The van der Waals surface area contributed by atoms with E-state index in [1.54, 1.807) is 16.4 Å². The van der Waals surface area contributed by atoms with E-state index in [1.165, 1.54) is 29.2 Å². The molecule has 6 rings (SSSR count). The van der Waals surface area contributed by atoms with Crippen LogP contribution >= 0.6 is 0 Å². The maximum Gasteiger partial charge on any atom is 0.263 e. The minimum Gasteiger partial charge on any atom is -0.273 e. The summed E-state index contributed by atoms with van der Waals surface area (Å²) in [5, 5.41) is 2.55. The van der Waals surface area contributed by atoms with Gasteiger partial charge in [-0.3, -0.25) is 4.31 Å². The fourth-order valence-corrected chi connectivity index (χ4v) is 7.13. The Hall–Kier alpha value is -2.59. The highest BCUT2D eigenvalue weighted by molar-refractivity contribution is 7.89. The van der Waals surface area contributed by atoms with Gasteiger partial charge in [0, 0.05) is 18.2 Å². The van der Waals surface area contributed by atoms with Crippen molar-refractivity contribution < 1.29 is 8.42 Å². The summed E-state index contributed by atoms with van der Waals surface area (Å²) < 4.78 is 28.0. The molecule has 2 aliphatic carbocycles. The van der Waals surface area contributed by atoms with Crippen molar-refractivity contribution in [3.8, 4) is 0 Å². The van der Waals surface area contributed by atoms with Crippen molar-refractivity contribution in [1.82, 2.24) is 4.31 Å². The van der Waals surface area contributed by atoms with Gasteiger partial charge in [0.2, 0.25) is 0 Å². The van der Waals surface area contributed by atoms with Gasteiger partial charge in [-0.05, 0) is 59.6 Å². The van der Waals surface area contributed by atoms with Gasteiger partial charge >= 0.3 is 0 Å². The van der Waals surface area contributed by atoms with E-state index in [4.69, 9.17) is 0 Å². The topological polar surface area (TPSA) is 37.4 Å². The molecule has 2 atom stereocenters. The molecular weight excluding hydrogens is 378 g/mol. The highest BCUT2D eigenvalue weighted by Crippen LogP contribution is 2.84. The lowest BCUT2D eigenvalue weighted by Crippen LogP contribution is -2.33. The molecule has 0 saturated heterocycles. The van der Waals surface area contributed by atoms with Crippen molar-refractivity contribution in [2.45, 2.75) is 30.1 Å². The molecule has 0 radical (unpaired) electrons. The van der Waals surface area contributed by atoms with Gasteiger partial charge in [-0.1, -0.05) is 66.2 Å². The number of allylic oxidation sites excluding steroid dienone is 1. The van der Waals surface area contributed by atoms with Crippen molar-refractivity contribution in [1.29, 1.82) is 0 Å². The van der Waals surface area contributed by atoms with Crippen LogP contribution in [0.5, 0.6) is 0 Å². The Morgan fingerprint density at radius 3 is 2.41 bits per heavy atom. The van der Waals surface area contributed by atoms with Crippen LogP contribution in [-0.4, -0.2) is 19.3 Å². The highest BCUT2D eigenvalue weighted by Gasteiger charge is 2.82. The monoisotopic (exact) mass is 401 g/mol. The van der Waals surface area contributed by atoms with Crippen LogP contribution in [0.1, 0.15) is 24.0 Å². The normalized spacial score (nSPS) is 26.5. The van der Waals surface area contributed by atoms with E-state index in [-0.39, 0.29) is 10.8 Å². The number of aryl methyl sites for hydroxylation is 1. The van der Waals surface area contributed by atoms with Crippen molar-refractivity contribution in [3.05, 3.63) is 90.1 Å². The second-order valence-corrected chi connectivity index (χ2v) is 10.7. The maximum atomic E-state index is 13.2. The molecule has 0 aromatic heterocycles. The third-order valence-corrected chi connectivity index (χ3v) is 9.23. The molecule has 2 fully saturated rings. The van der Waals surface area contributed by atoms with Crippen molar-refractivity contribution >= 4 is 20.8 Å². The minimum atomic E-state index is -3.51. The first-order chi connectivity index (χ1) is 14.0. The standard InChI is InChI=1S/C25H23NO2S/c1-18-9-11-20(12-10-18)29(27,28)26-16-15-25(23(17-26)24(25)13-14-24)22-8-4-6-19-5-2-3-7-21(19)22/h2-12,15-16,23H,13-14,17H2,1H3/t23-,25+/m0/s1. The summed E-state index contributed by atoms with van der Waals surface area (Å²) in [6.07, 6.45) is 6.40. The van der Waals surface area contributed by atoms with Gasteiger partial charge in [0.15, 0.2) is 0 Å². The molecular formula is C25H23NO2S. The van der Waals surface area contributed by atoms with Crippen LogP contribution in [0.15, 0.2) is 83.9 Å². The molecule has 3 aromatic rings. The van der Waals surface area contributed by atoms with Gasteiger partial charge in [0.05, 0.1) is 4.90 Å². The quantitative estimate of drug-likeness (QED) is 0.618. The van der Waals surface area contributed by atoms with E-state index in [1.807, 2.05) is 25.3 Å². The highest BCUT2D eigenvalue weighted by atomic mass is 32.2. The number of hydrogen-bond acceptors (Lipinski definition) is 2. The van der Waals surface area contributed by atoms with Gasteiger partial charge in [0.25, 0.3) is 10.0 Å². The first kappa shape index (κ1) is 17.3. The Bertz CT molecular complexity index is 1270. The first-order valence-electron chi connectivity index (χ1n) is 10.3. The van der Waals surface area contributed by atoms with E-state index < -0.39 is 10.0 Å². The largest absolute Gasteiger partial charge is 0.273 e. The van der Waals surface area contributed by atoms with Crippen LogP contribution in [0.3, 0.4) is 0 Å². The van der Waals surface area contributed by atoms with Crippen molar-refractivity contribution in [3.63, 3.8) is 0 Å². The third-order valence-electron chi connectivity index (χ3n) is 7.47. The number of sulfonamides is 1. The fourth-order valence-electron chi connectivity index (χ4n) is 5.81. The Morgan fingerprint density at radius 2 is 1.66 bits per heavy atom. The number of nitrogens with zero attached hydrogens (tertiary/aromatic N) is 1. The molecule has 0 unspecified atom stereocenters. The Kier molecular flexibility index (Phi) is 3.29. The summed E-state index contributed by atoms with van der Waals surface area (Å²) in [5.41, 5.74) is 2.65. The number of hydrogen-bond donors (Lipinski definition) is 0. The molecule has 2 saturated carbocycles. The molecule has 3 aromatic carbocycles. The van der Waals surface area contributed by atoms with Crippen molar-refractivity contribution in [2.75, 3.05) is 6.54 Å². The van der Waals surface area contributed by atoms with Crippen LogP contribution in [0.25, 0.3) is 10.8 Å². The average molecular weight is 402 g/mol. The van der Waals surface area contributed by atoms with E-state index in [2.05, 4.69) is 48.5 Å². The van der Waals surface area contributed by atoms with Crippen molar-refractivity contribution in [2.24, 2.45) is 11.3 Å². The maximum absolute atomic E-state index is 13.2. The fraction of sp³-hybridized carbons (Fsp3) is 0.280. The van der Waals surface area contributed by atoms with Crippen LogP contribution in [0.4, 0.5) is 0 Å². The lowest BCUT2D eigenvalue weighted by molar-refractivity contribution is 0.448. The molecule has 4 heteroatoms. The predicted molar refractivity (Wildman–Crippen MR) is 115 cm³/mol. The molecule has 3 nitrogen and oxygen atoms in total. The zero-order valence-corrected chi connectivity index (χ0v) is 17.2. The van der Waals surface area contributed by atoms with Gasteiger partial charge in [-0.25, -0.2) is 8.42 Å². The van der Waals surface area contributed by atoms with Crippen LogP contribution in [0.2, 0.25) is 0 Å². The summed E-state index contributed by atoms with van der Waals surface area (Å²) >= 11 is 0. The first-order valence-corrected chi connectivity index (χ1v) is 11.7. The van der Waals surface area contributed by atoms with Gasteiger partial charge in [0.1, 0.15) is 0 Å². The Labute approximate surface area is 171 Å². The number of rotatable bonds is 3.